The number of aliphatic hydroxyl groups is 1. The molecule has 0 bridgehead atoms. The zero-order chi connectivity index (χ0) is 25.9. The summed E-state index contributed by atoms with van der Waals surface area (Å²) >= 11 is 7.17. The fourth-order valence-electron chi connectivity index (χ4n) is 4.53. The van der Waals surface area contributed by atoms with Crippen LogP contribution in [-0.4, -0.2) is 18.5 Å². The van der Waals surface area contributed by atoms with Crippen LogP contribution in [0, 0.1) is 0 Å². The molecule has 1 aliphatic heterocycles. The maximum absolute atomic E-state index is 13.7. The smallest absolute Gasteiger partial charge is 0.217 e. The number of hydrogen-bond acceptors (Lipinski definition) is 9. The van der Waals surface area contributed by atoms with Gasteiger partial charge in [-0.1, -0.05) is 53.3 Å². The summed E-state index contributed by atoms with van der Waals surface area (Å²) < 4.78 is 32.4. The Morgan fingerprint density at radius 1 is 1.05 bits per heavy atom. The minimum absolute atomic E-state index is 0.000999. The van der Waals surface area contributed by atoms with E-state index in [9.17, 15) is 18.3 Å². The maximum atomic E-state index is 13.7. The lowest BCUT2D eigenvalue weighted by Crippen LogP contribution is -2.27. The number of sulfone groups is 1. The maximum Gasteiger partial charge on any atom is 0.217 e. The molecule has 6 rings (SSSR count). The Morgan fingerprint density at radius 3 is 2.59 bits per heavy atom. The number of benzene rings is 3. The van der Waals surface area contributed by atoms with Crippen molar-refractivity contribution in [1.82, 2.24) is 4.98 Å². The zero-order valence-electron chi connectivity index (χ0n) is 18.9. The lowest BCUT2D eigenvalue weighted by atomic mass is 9.98. The van der Waals surface area contributed by atoms with Crippen LogP contribution in [0.25, 0.3) is 11.0 Å². The Hall–Kier alpha value is -3.70. The van der Waals surface area contributed by atoms with Crippen LogP contribution in [0.15, 0.2) is 97.3 Å². The first-order chi connectivity index (χ1) is 17.8. The van der Waals surface area contributed by atoms with Gasteiger partial charge in [-0.3, -0.25) is 4.79 Å². The summed E-state index contributed by atoms with van der Waals surface area (Å²) in [6, 6.07) is 18.8. The molecule has 0 amide bonds. The molecule has 0 radical (unpaired) electrons. The molecule has 2 unspecified atom stereocenters. The van der Waals surface area contributed by atoms with Gasteiger partial charge in [0.2, 0.25) is 9.84 Å². The van der Waals surface area contributed by atoms with E-state index in [1.54, 1.807) is 54.6 Å². The number of rotatable bonds is 4. The fourth-order valence-corrected chi connectivity index (χ4v) is 7.32. The average Bonchev–Trinajstić information content (AvgIpc) is 3.48. The van der Waals surface area contributed by atoms with Crippen LogP contribution in [-0.2, 0) is 9.84 Å². The molecule has 1 aliphatic rings. The fraction of sp³-hybridized carbons (Fsp3) is 0.0769. The number of fused-ring (bicyclic) bond motifs is 2. The van der Waals surface area contributed by atoms with Gasteiger partial charge in [0, 0.05) is 16.8 Å². The van der Waals surface area contributed by atoms with Gasteiger partial charge in [-0.05, 0) is 42.0 Å². The van der Waals surface area contributed by atoms with Gasteiger partial charge < -0.3 is 20.2 Å². The second-order valence-electron chi connectivity index (χ2n) is 8.48. The molecule has 3 N–H and O–H groups in total. The normalized spacial score (nSPS) is 17.3. The van der Waals surface area contributed by atoms with E-state index in [0.29, 0.717) is 21.7 Å². The summed E-state index contributed by atoms with van der Waals surface area (Å²) in [5.41, 5.74) is 7.01. The first-order valence-electron chi connectivity index (χ1n) is 11.1. The van der Waals surface area contributed by atoms with Gasteiger partial charge in [0.05, 0.1) is 28.1 Å². The standard InChI is InChI=1S/C26H18ClN3O5S2/c27-15-6-4-5-14(11-15)22-21-23(31)18-10-9-16(28)12-19(18)35-24(21)25(32)30(22)26-29-13-20(36-26)37(33,34)17-7-2-1-3-8-17/h1-13,22,25,32H,28H2. The predicted molar refractivity (Wildman–Crippen MR) is 142 cm³/mol. The van der Waals surface area contributed by atoms with Crippen LogP contribution in [0.1, 0.15) is 29.2 Å². The largest absolute Gasteiger partial charge is 0.456 e. The molecular formula is C26H18ClN3O5S2. The minimum atomic E-state index is -3.84. The number of nitrogen functional groups attached to an aromatic ring is 1. The Kier molecular flexibility index (Phi) is 5.57. The van der Waals surface area contributed by atoms with Crippen molar-refractivity contribution < 1.29 is 17.9 Å². The number of nitrogens with two attached hydrogens (primary N) is 1. The summed E-state index contributed by atoms with van der Waals surface area (Å²) in [6.45, 7) is 0. The SMILES string of the molecule is Nc1ccc2c(=O)c3c(oc2c1)C(O)N(c1ncc(S(=O)(=O)c2ccccc2)s1)C3c1cccc(Cl)c1. The van der Waals surface area contributed by atoms with E-state index in [1.807, 2.05) is 0 Å². The lowest BCUT2D eigenvalue weighted by molar-refractivity contribution is 0.154. The van der Waals surface area contributed by atoms with Crippen LogP contribution < -0.4 is 16.1 Å². The molecular weight excluding hydrogens is 534 g/mol. The highest BCUT2D eigenvalue weighted by Crippen LogP contribution is 2.48. The highest BCUT2D eigenvalue weighted by Gasteiger charge is 2.45. The van der Waals surface area contributed by atoms with Crippen molar-refractivity contribution in [1.29, 1.82) is 0 Å². The van der Waals surface area contributed by atoms with Crippen molar-refractivity contribution in [3.05, 3.63) is 111 Å². The highest BCUT2D eigenvalue weighted by atomic mass is 35.5. The third-order valence-electron chi connectivity index (χ3n) is 6.21. The van der Waals surface area contributed by atoms with Crippen LogP contribution in [0.5, 0.6) is 0 Å². The van der Waals surface area contributed by atoms with Gasteiger partial charge in [0.15, 0.2) is 22.5 Å². The van der Waals surface area contributed by atoms with Gasteiger partial charge in [0.1, 0.15) is 9.79 Å². The second-order valence-corrected chi connectivity index (χ2v) is 12.1. The van der Waals surface area contributed by atoms with E-state index in [-0.39, 0.29) is 36.6 Å². The summed E-state index contributed by atoms with van der Waals surface area (Å²) in [5, 5.41) is 12.4. The van der Waals surface area contributed by atoms with Crippen molar-refractivity contribution in [2.45, 2.75) is 21.4 Å². The van der Waals surface area contributed by atoms with E-state index in [4.69, 9.17) is 21.8 Å². The number of thiazole rings is 1. The Labute approximate surface area is 220 Å². The highest BCUT2D eigenvalue weighted by molar-refractivity contribution is 7.93. The van der Waals surface area contributed by atoms with E-state index in [0.717, 1.165) is 11.3 Å². The third kappa shape index (κ3) is 3.80. The molecule has 8 nitrogen and oxygen atoms in total. The number of nitrogens with zero attached hydrogens (tertiary/aromatic N) is 2. The Bertz CT molecular complexity index is 1840. The number of aromatic nitrogens is 1. The molecule has 11 heteroatoms. The topological polar surface area (TPSA) is 127 Å². The van der Waals surface area contributed by atoms with Crippen LogP contribution in [0.2, 0.25) is 5.02 Å². The molecule has 37 heavy (non-hydrogen) atoms. The second kappa shape index (κ2) is 8.70. The van der Waals surface area contributed by atoms with Crippen LogP contribution in [0.3, 0.4) is 0 Å². The zero-order valence-corrected chi connectivity index (χ0v) is 21.3. The van der Waals surface area contributed by atoms with E-state index in [2.05, 4.69) is 4.98 Å². The van der Waals surface area contributed by atoms with Crippen molar-refractivity contribution >= 4 is 54.6 Å². The predicted octanol–water partition coefficient (Wildman–Crippen LogP) is 4.92. The van der Waals surface area contributed by atoms with Crippen molar-refractivity contribution in [2.75, 3.05) is 10.6 Å². The summed E-state index contributed by atoms with van der Waals surface area (Å²) in [5.74, 6) is 0.0377. The first kappa shape index (κ1) is 23.7. The molecule has 3 aromatic carbocycles. The number of aliphatic hydroxyl groups excluding tert-OH is 1. The molecule has 0 saturated heterocycles. The monoisotopic (exact) mass is 551 g/mol. The Balaban J connectivity index is 1.55. The summed E-state index contributed by atoms with van der Waals surface area (Å²) in [7, 11) is -3.84. The molecule has 3 heterocycles. The van der Waals surface area contributed by atoms with Crippen molar-refractivity contribution in [3.8, 4) is 0 Å². The van der Waals surface area contributed by atoms with Gasteiger partial charge in [-0.15, -0.1) is 0 Å². The first-order valence-corrected chi connectivity index (χ1v) is 13.8. The number of halogens is 1. The van der Waals surface area contributed by atoms with Crippen molar-refractivity contribution in [3.63, 3.8) is 0 Å². The van der Waals surface area contributed by atoms with Gasteiger partial charge in [-0.25, -0.2) is 13.4 Å². The molecule has 2 atom stereocenters. The molecule has 0 spiro atoms. The van der Waals surface area contributed by atoms with Gasteiger partial charge in [0.25, 0.3) is 0 Å². The molecule has 186 valence electrons. The Morgan fingerprint density at radius 2 is 1.84 bits per heavy atom. The number of hydrogen-bond donors (Lipinski definition) is 2. The van der Waals surface area contributed by atoms with Gasteiger partial charge >= 0.3 is 0 Å². The van der Waals surface area contributed by atoms with Crippen molar-refractivity contribution in [2.24, 2.45) is 0 Å². The van der Waals surface area contributed by atoms with Crippen LogP contribution >= 0.6 is 22.9 Å². The third-order valence-corrected chi connectivity index (χ3v) is 9.68. The lowest BCUT2D eigenvalue weighted by Gasteiger charge is -2.27. The molecule has 2 aromatic heterocycles. The minimum Gasteiger partial charge on any atom is -0.456 e. The summed E-state index contributed by atoms with van der Waals surface area (Å²) in [4.78, 5) is 19.6. The summed E-state index contributed by atoms with van der Waals surface area (Å²) in [6.07, 6.45) is -0.171. The molecule has 0 saturated carbocycles. The average molecular weight is 552 g/mol. The molecule has 5 aromatic rings. The quantitative estimate of drug-likeness (QED) is 0.301. The van der Waals surface area contributed by atoms with Gasteiger partial charge in [-0.2, -0.15) is 0 Å². The molecule has 0 fully saturated rings. The van der Waals surface area contributed by atoms with E-state index >= 15 is 0 Å². The van der Waals surface area contributed by atoms with Crippen LogP contribution in [0.4, 0.5) is 10.8 Å². The van der Waals surface area contributed by atoms with E-state index < -0.39 is 22.1 Å². The number of anilines is 2. The molecule has 0 aliphatic carbocycles. The van der Waals surface area contributed by atoms with E-state index in [1.165, 1.54) is 29.3 Å².